The number of amides is 1. The van der Waals surface area contributed by atoms with E-state index in [9.17, 15) is 13.6 Å². The third kappa shape index (κ3) is 3.36. The Bertz CT molecular complexity index is 1090. The van der Waals surface area contributed by atoms with Crippen LogP contribution in [0.25, 0.3) is 11.1 Å². The number of hydrogen-bond acceptors (Lipinski definition) is 3. The Balaban J connectivity index is 1.38. The summed E-state index contributed by atoms with van der Waals surface area (Å²) in [6, 6.07) is 11.7. The standard InChI is InChI=1S/C24H21F2N3O/c25-18-8-9-22(28-13-18)29-23(30)24(10-1-11-24)17-6-4-15(5-7-17)19-14-27-21(12-20(19)26)16-2-3-16/h4-9,12-14,16H,1-3,10-11H2,(H,28,29,30). The van der Waals surface area contributed by atoms with Gasteiger partial charge in [0.1, 0.15) is 17.5 Å². The molecule has 2 aliphatic rings. The number of aromatic nitrogens is 2. The van der Waals surface area contributed by atoms with Gasteiger partial charge in [0, 0.05) is 23.4 Å². The van der Waals surface area contributed by atoms with E-state index < -0.39 is 11.2 Å². The van der Waals surface area contributed by atoms with Crippen LogP contribution in [-0.2, 0) is 10.2 Å². The molecule has 6 heteroatoms. The smallest absolute Gasteiger partial charge is 0.236 e. The summed E-state index contributed by atoms with van der Waals surface area (Å²) in [4.78, 5) is 21.3. The fourth-order valence-corrected chi connectivity index (χ4v) is 4.09. The van der Waals surface area contributed by atoms with Crippen molar-refractivity contribution in [3.8, 4) is 11.1 Å². The van der Waals surface area contributed by atoms with Crippen LogP contribution < -0.4 is 5.32 Å². The minimum Gasteiger partial charge on any atom is -0.310 e. The summed E-state index contributed by atoms with van der Waals surface area (Å²) in [6.45, 7) is 0. The second-order valence-corrected chi connectivity index (χ2v) is 8.19. The van der Waals surface area contributed by atoms with E-state index in [2.05, 4.69) is 15.3 Å². The number of halogens is 2. The Labute approximate surface area is 173 Å². The minimum absolute atomic E-state index is 0.151. The van der Waals surface area contributed by atoms with Crippen LogP contribution in [0.3, 0.4) is 0 Å². The second-order valence-electron chi connectivity index (χ2n) is 8.19. The number of rotatable bonds is 5. The lowest BCUT2D eigenvalue weighted by molar-refractivity contribution is -0.124. The van der Waals surface area contributed by atoms with Crippen LogP contribution in [0.5, 0.6) is 0 Å². The first-order chi connectivity index (χ1) is 14.5. The van der Waals surface area contributed by atoms with Gasteiger partial charge in [0.05, 0.1) is 11.6 Å². The summed E-state index contributed by atoms with van der Waals surface area (Å²) in [5.41, 5.74) is 2.28. The van der Waals surface area contributed by atoms with Gasteiger partial charge in [-0.2, -0.15) is 0 Å². The van der Waals surface area contributed by atoms with Crippen molar-refractivity contribution in [2.75, 3.05) is 5.32 Å². The molecule has 2 aliphatic carbocycles. The maximum absolute atomic E-state index is 14.6. The highest BCUT2D eigenvalue weighted by molar-refractivity contribution is 5.99. The van der Waals surface area contributed by atoms with Crippen LogP contribution >= 0.6 is 0 Å². The average molecular weight is 405 g/mol. The molecule has 4 nitrogen and oxygen atoms in total. The first kappa shape index (κ1) is 18.9. The van der Waals surface area contributed by atoms with Gasteiger partial charge in [-0.3, -0.25) is 9.78 Å². The van der Waals surface area contributed by atoms with E-state index in [-0.39, 0.29) is 11.7 Å². The largest absolute Gasteiger partial charge is 0.310 e. The molecule has 0 radical (unpaired) electrons. The number of hydrogen-bond donors (Lipinski definition) is 1. The van der Waals surface area contributed by atoms with Crippen LogP contribution in [0.1, 0.15) is 49.3 Å². The number of benzene rings is 1. The molecule has 1 aromatic carbocycles. The lowest BCUT2D eigenvalue weighted by Crippen LogP contribution is -2.46. The quantitative estimate of drug-likeness (QED) is 0.622. The van der Waals surface area contributed by atoms with E-state index in [0.29, 0.717) is 17.3 Å². The highest BCUT2D eigenvalue weighted by Crippen LogP contribution is 2.45. The number of nitrogens with one attached hydrogen (secondary N) is 1. The first-order valence-electron chi connectivity index (χ1n) is 10.2. The molecule has 2 fully saturated rings. The van der Waals surface area contributed by atoms with Crippen LogP contribution in [0, 0.1) is 11.6 Å². The Morgan fingerprint density at radius 3 is 2.33 bits per heavy atom. The number of anilines is 1. The van der Waals surface area contributed by atoms with Crippen molar-refractivity contribution in [3.05, 3.63) is 77.8 Å². The third-order valence-corrected chi connectivity index (χ3v) is 6.23. The van der Waals surface area contributed by atoms with Crippen molar-refractivity contribution >= 4 is 11.7 Å². The van der Waals surface area contributed by atoms with Gasteiger partial charge < -0.3 is 5.32 Å². The van der Waals surface area contributed by atoms with Crippen molar-refractivity contribution in [1.82, 2.24) is 9.97 Å². The molecule has 3 aromatic rings. The SMILES string of the molecule is O=C(Nc1ccc(F)cn1)C1(c2ccc(-c3cnc(C4CC4)cc3F)cc2)CCC1. The Hall–Kier alpha value is -3.15. The van der Waals surface area contributed by atoms with Crippen LogP contribution in [0.15, 0.2) is 54.9 Å². The van der Waals surface area contributed by atoms with Gasteiger partial charge in [0.15, 0.2) is 0 Å². The summed E-state index contributed by atoms with van der Waals surface area (Å²) in [6.07, 6.45) is 7.25. The lowest BCUT2D eigenvalue weighted by Gasteiger charge is -2.40. The molecular formula is C24H21F2N3O. The minimum atomic E-state index is -0.638. The molecule has 0 aliphatic heterocycles. The Morgan fingerprint density at radius 1 is 1.00 bits per heavy atom. The Morgan fingerprint density at radius 2 is 1.77 bits per heavy atom. The molecule has 2 aromatic heterocycles. The third-order valence-electron chi connectivity index (χ3n) is 6.23. The number of carbonyl (C=O) groups is 1. The summed E-state index contributed by atoms with van der Waals surface area (Å²) >= 11 is 0. The van der Waals surface area contributed by atoms with E-state index in [0.717, 1.165) is 55.1 Å². The Kier molecular flexibility index (Phi) is 4.57. The van der Waals surface area contributed by atoms with Crippen LogP contribution in [-0.4, -0.2) is 15.9 Å². The van der Waals surface area contributed by atoms with Gasteiger partial charge >= 0.3 is 0 Å². The molecule has 5 rings (SSSR count). The van der Waals surface area contributed by atoms with E-state index in [1.807, 2.05) is 24.3 Å². The zero-order valence-electron chi connectivity index (χ0n) is 16.4. The van der Waals surface area contributed by atoms with E-state index in [4.69, 9.17) is 0 Å². The van der Waals surface area contributed by atoms with Crippen molar-refractivity contribution in [2.24, 2.45) is 0 Å². The van der Waals surface area contributed by atoms with E-state index >= 15 is 0 Å². The number of nitrogens with zero attached hydrogens (tertiary/aromatic N) is 2. The molecule has 0 atom stereocenters. The van der Waals surface area contributed by atoms with Gasteiger partial charge in [-0.05, 0) is 55.0 Å². The first-order valence-corrected chi connectivity index (χ1v) is 10.2. The van der Waals surface area contributed by atoms with Crippen molar-refractivity contribution in [1.29, 1.82) is 0 Å². The maximum Gasteiger partial charge on any atom is 0.236 e. The molecule has 0 bridgehead atoms. The lowest BCUT2D eigenvalue weighted by atomic mass is 9.63. The zero-order chi connectivity index (χ0) is 20.7. The van der Waals surface area contributed by atoms with Gasteiger partial charge in [-0.1, -0.05) is 30.7 Å². The van der Waals surface area contributed by atoms with E-state index in [1.165, 1.54) is 18.2 Å². The average Bonchev–Trinajstić information content (AvgIpc) is 3.55. The van der Waals surface area contributed by atoms with Crippen molar-refractivity contribution < 1.29 is 13.6 Å². The summed E-state index contributed by atoms with van der Waals surface area (Å²) in [5.74, 6) is -0.133. The summed E-state index contributed by atoms with van der Waals surface area (Å²) in [7, 11) is 0. The summed E-state index contributed by atoms with van der Waals surface area (Å²) < 4.78 is 27.7. The predicted octanol–water partition coefficient (Wildman–Crippen LogP) is 5.36. The molecule has 2 saturated carbocycles. The second kappa shape index (κ2) is 7.27. The van der Waals surface area contributed by atoms with Gasteiger partial charge in [-0.25, -0.2) is 13.8 Å². The topological polar surface area (TPSA) is 54.9 Å². The van der Waals surface area contributed by atoms with Gasteiger partial charge in [-0.15, -0.1) is 0 Å². The molecule has 2 heterocycles. The maximum atomic E-state index is 14.6. The van der Waals surface area contributed by atoms with Gasteiger partial charge in [0.2, 0.25) is 5.91 Å². The summed E-state index contributed by atoms with van der Waals surface area (Å²) in [5, 5.41) is 2.80. The molecule has 152 valence electrons. The predicted molar refractivity (Wildman–Crippen MR) is 110 cm³/mol. The molecule has 0 spiro atoms. The fourth-order valence-electron chi connectivity index (χ4n) is 4.09. The van der Waals surface area contributed by atoms with Crippen LogP contribution in [0.4, 0.5) is 14.6 Å². The fraction of sp³-hybridized carbons (Fsp3) is 0.292. The zero-order valence-corrected chi connectivity index (χ0v) is 16.4. The highest BCUT2D eigenvalue weighted by atomic mass is 19.1. The monoisotopic (exact) mass is 405 g/mol. The van der Waals surface area contributed by atoms with Crippen LogP contribution in [0.2, 0.25) is 0 Å². The molecule has 1 N–H and O–H groups in total. The van der Waals surface area contributed by atoms with Gasteiger partial charge in [0.25, 0.3) is 0 Å². The number of carbonyl (C=O) groups excluding carboxylic acids is 1. The van der Waals surface area contributed by atoms with E-state index in [1.54, 1.807) is 6.20 Å². The normalized spacial score (nSPS) is 17.3. The molecule has 1 amide bonds. The molecule has 0 saturated heterocycles. The highest BCUT2D eigenvalue weighted by Gasteiger charge is 2.45. The molecular weight excluding hydrogens is 384 g/mol. The number of pyridine rings is 2. The van der Waals surface area contributed by atoms with Crippen molar-refractivity contribution in [2.45, 2.75) is 43.4 Å². The molecule has 30 heavy (non-hydrogen) atoms. The van der Waals surface area contributed by atoms with Crippen molar-refractivity contribution in [3.63, 3.8) is 0 Å². The molecule has 0 unspecified atom stereocenters.